The Morgan fingerprint density at radius 2 is 1.57 bits per heavy atom. The van der Waals surface area contributed by atoms with Crippen LogP contribution in [0, 0.1) is 17.8 Å². The van der Waals surface area contributed by atoms with Crippen molar-refractivity contribution < 1.29 is 4.79 Å². The molecule has 0 aliphatic carbocycles. The van der Waals surface area contributed by atoms with Gasteiger partial charge in [-0.05, 0) is 34.6 Å². The first kappa shape index (κ1) is 15.6. The van der Waals surface area contributed by atoms with E-state index >= 15 is 0 Å². The van der Waals surface area contributed by atoms with Gasteiger partial charge in [-0.2, -0.15) is 0 Å². The maximum absolute atomic E-state index is 12.5. The third kappa shape index (κ3) is 3.63. The first-order chi connectivity index (χ1) is 10.0. The van der Waals surface area contributed by atoms with Gasteiger partial charge in [-0.3, -0.25) is 4.79 Å². The second-order valence-corrected chi connectivity index (χ2v) is 6.39. The van der Waals surface area contributed by atoms with Gasteiger partial charge in [0.1, 0.15) is 0 Å². The molecule has 0 heterocycles. The summed E-state index contributed by atoms with van der Waals surface area (Å²) in [7, 11) is 0. The van der Waals surface area contributed by atoms with Crippen LogP contribution in [0.2, 0.25) is 0 Å². The molecule has 0 bridgehead atoms. The van der Waals surface area contributed by atoms with E-state index in [4.69, 9.17) is 0 Å². The van der Waals surface area contributed by atoms with E-state index in [-0.39, 0.29) is 5.91 Å². The predicted molar refractivity (Wildman–Crippen MR) is 89.4 cm³/mol. The molecule has 2 heteroatoms. The highest BCUT2D eigenvalue weighted by Gasteiger charge is 2.19. The van der Waals surface area contributed by atoms with Gasteiger partial charge in [0, 0.05) is 12.1 Å². The van der Waals surface area contributed by atoms with Crippen LogP contribution < -0.4 is 5.32 Å². The summed E-state index contributed by atoms with van der Waals surface area (Å²) in [5, 5.41) is 5.24. The summed E-state index contributed by atoms with van der Waals surface area (Å²) in [6, 6.07) is 13.9. The first-order valence-electron chi connectivity index (χ1n) is 7.76. The molecule has 0 aromatic heterocycles. The third-order valence-corrected chi connectivity index (χ3v) is 4.25. The summed E-state index contributed by atoms with van der Waals surface area (Å²) in [6.07, 6.45) is 0. The molecule has 0 unspecified atom stereocenters. The van der Waals surface area contributed by atoms with Crippen molar-refractivity contribution in [2.24, 2.45) is 17.8 Å². The number of fused-ring (bicyclic) bond motifs is 1. The maximum atomic E-state index is 12.5. The van der Waals surface area contributed by atoms with E-state index in [2.05, 4.69) is 33.0 Å². The van der Waals surface area contributed by atoms with Crippen LogP contribution in [0.25, 0.3) is 10.8 Å². The summed E-state index contributed by atoms with van der Waals surface area (Å²) in [5.41, 5.74) is 0.763. The SMILES string of the molecule is CC(C)C(CNC(=O)c1cccc2ccccc12)C(C)C. The molecule has 21 heavy (non-hydrogen) atoms. The van der Waals surface area contributed by atoms with Crippen LogP contribution in [-0.2, 0) is 0 Å². The molecule has 2 aromatic rings. The molecule has 1 N–H and O–H groups in total. The van der Waals surface area contributed by atoms with E-state index < -0.39 is 0 Å². The Morgan fingerprint density at radius 1 is 0.952 bits per heavy atom. The fourth-order valence-electron chi connectivity index (χ4n) is 2.97. The molecular weight excluding hydrogens is 258 g/mol. The van der Waals surface area contributed by atoms with Crippen molar-refractivity contribution in [2.45, 2.75) is 27.7 Å². The second-order valence-electron chi connectivity index (χ2n) is 6.39. The summed E-state index contributed by atoms with van der Waals surface area (Å²) in [4.78, 5) is 12.5. The predicted octanol–water partition coefficient (Wildman–Crippen LogP) is 4.50. The first-order valence-corrected chi connectivity index (χ1v) is 7.76. The number of nitrogens with one attached hydrogen (secondary N) is 1. The number of hydrogen-bond acceptors (Lipinski definition) is 1. The summed E-state index contributed by atoms with van der Waals surface area (Å²) < 4.78 is 0. The van der Waals surface area contributed by atoms with E-state index in [1.54, 1.807) is 0 Å². The summed E-state index contributed by atoms with van der Waals surface area (Å²) >= 11 is 0. The highest BCUT2D eigenvalue weighted by atomic mass is 16.1. The van der Waals surface area contributed by atoms with Crippen LogP contribution in [0.5, 0.6) is 0 Å². The smallest absolute Gasteiger partial charge is 0.251 e. The average molecular weight is 283 g/mol. The zero-order valence-electron chi connectivity index (χ0n) is 13.4. The van der Waals surface area contributed by atoms with E-state index in [0.717, 1.165) is 22.9 Å². The fraction of sp³-hybridized carbons (Fsp3) is 0.421. The molecule has 2 rings (SSSR count). The van der Waals surface area contributed by atoms with Crippen LogP contribution in [0.4, 0.5) is 0 Å². The molecule has 2 aromatic carbocycles. The Morgan fingerprint density at radius 3 is 2.24 bits per heavy atom. The molecule has 0 radical (unpaired) electrons. The molecule has 1 amide bonds. The monoisotopic (exact) mass is 283 g/mol. The van der Waals surface area contributed by atoms with E-state index in [1.807, 2.05) is 42.5 Å². The molecule has 0 saturated heterocycles. The van der Waals surface area contributed by atoms with Crippen LogP contribution in [-0.4, -0.2) is 12.5 Å². The van der Waals surface area contributed by atoms with Crippen LogP contribution in [0.15, 0.2) is 42.5 Å². The van der Waals surface area contributed by atoms with Gasteiger partial charge in [-0.25, -0.2) is 0 Å². The largest absolute Gasteiger partial charge is 0.352 e. The Labute approximate surface area is 127 Å². The van der Waals surface area contributed by atoms with Gasteiger partial charge in [0.25, 0.3) is 5.91 Å². The zero-order chi connectivity index (χ0) is 15.4. The molecule has 0 spiro atoms. The normalized spacial score (nSPS) is 11.6. The topological polar surface area (TPSA) is 29.1 Å². The minimum Gasteiger partial charge on any atom is -0.352 e. The molecule has 0 fully saturated rings. The van der Waals surface area contributed by atoms with Crippen LogP contribution in [0.1, 0.15) is 38.1 Å². The maximum Gasteiger partial charge on any atom is 0.251 e. The van der Waals surface area contributed by atoms with Gasteiger partial charge in [0.15, 0.2) is 0 Å². The van der Waals surface area contributed by atoms with Crippen molar-refractivity contribution in [1.82, 2.24) is 5.32 Å². The molecule has 0 aliphatic rings. The quantitative estimate of drug-likeness (QED) is 0.860. The minimum atomic E-state index is 0.0260. The molecule has 112 valence electrons. The highest BCUT2D eigenvalue weighted by Crippen LogP contribution is 2.21. The van der Waals surface area contributed by atoms with Gasteiger partial charge >= 0.3 is 0 Å². The minimum absolute atomic E-state index is 0.0260. The lowest BCUT2D eigenvalue weighted by Crippen LogP contribution is -2.34. The summed E-state index contributed by atoms with van der Waals surface area (Å²) in [6.45, 7) is 9.60. The van der Waals surface area contributed by atoms with Crippen molar-refractivity contribution in [3.8, 4) is 0 Å². The van der Waals surface area contributed by atoms with E-state index in [0.29, 0.717) is 17.8 Å². The average Bonchev–Trinajstić information content (AvgIpc) is 2.46. The zero-order valence-corrected chi connectivity index (χ0v) is 13.4. The molecule has 2 nitrogen and oxygen atoms in total. The number of carbonyl (C=O) groups is 1. The summed E-state index contributed by atoms with van der Waals surface area (Å²) in [5.74, 6) is 1.66. The van der Waals surface area contributed by atoms with E-state index in [1.165, 1.54) is 0 Å². The van der Waals surface area contributed by atoms with Crippen LogP contribution >= 0.6 is 0 Å². The van der Waals surface area contributed by atoms with Gasteiger partial charge in [0.05, 0.1) is 0 Å². The van der Waals surface area contributed by atoms with Crippen molar-refractivity contribution in [1.29, 1.82) is 0 Å². The molecule has 0 aliphatic heterocycles. The molecule has 0 atom stereocenters. The lowest BCUT2D eigenvalue weighted by Gasteiger charge is -2.25. The highest BCUT2D eigenvalue weighted by molar-refractivity contribution is 6.06. The van der Waals surface area contributed by atoms with Crippen molar-refractivity contribution in [2.75, 3.05) is 6.54 Å². The number of benzene rings is 2. The standard InChI is InChI=1S/C19H25NO/c1-13(2)18(14(3)4)12-20-19(21)17-11-7-9-15-8-5-6-10-16(15)17/h5-11,13-14,18H,12H2,1-4H3,(H,20,21). The molecular formula is C19H25NO. The van der Waals surface area contributed by atoms with Crippen LogP contribution in [0.3, 0.4) is 0 Å². The van der Waals surface area contributed by atoms with E-state index in [9.17, 15) is 4.79 Å². The number of rotatable bonds is 5. The van der Waals surface area contributed by atoms with Crippen molar-refractivity contribution in [3.63, 3.8) is 0 Å². The second kappa shape index (κ2) is 6.75. The Bertz CT molecular complexity index is 602. The number of hydrogen-bond donors (Lipinski definition) is 1. The Balaban J connectivity index is 2.16. The number of amides is 1. The van der Waals surface area contributed by atoms with Crippen molar-refractivity contribution in [3.05, 3.63) is 48.0 Å². The third-order valence-electron chi connectivity index (χ3n) is 4.25. The molecule has 0 saturated carbocycles. The van der Waals surface area contributed by atoms with Gasteiger partial charge in [-0.1, -0.05) is 64.1 Å². The Kier molecular flexibility index (Phi) is 5.00. The van der Waals surface area contributed by atoms with Crippen molar-refractivity contribution >= 4 is 16.7 Å². The van der Waals surface area contributed by atoms with Gasteiger partial charge in [-0.15, -0.1) is 0 Å². The van der Waals surface area contributed by atoms with Gasteiger partial charge in [0.2, 0.25) is 0 Å². The lowest BCUT2D eigenvalue weighted by atomic mass is 9.85. The lowest BCUT2D eigenvalue weighted by molar-refractivity contribution is 0.0939. The fourth-order valence-corrected chi connectivity index (χ4v) is 2.97. The van der Waals surface area contributed by atoms with Gasteiger partial charge < -0.3 is 5.32 Å². The Hall–Kier alpha value is -1.83. The number of carbonyl (C=O) groups excluding carboxylic acids is 1.